The Labute approximate surface area is 135 Å². The van der Waals surface area contributed by atoms with Crippen LogP contribution in [0.4, 0.5) is 0 Å². The van der Waals surface area contributed by atoms with Gasteiger partial charge in [-0.2, -0.15) is 0 Å². The zero-order valence-electron chi connectivity index (χ0n) is 13.3. The molecule has 0 heterocycles. The number of carbonyl (C=O) groups excluding carboxylic acids is 1. The molecule has 0 aliphatic heterocycles. The van der Waals surface area contributed by atoms with Crippen LogP contribution in [0.25, 0.3) is 0 Å². The van der Waals surface area contributed by atoms with Gasteiger partial charge in [0, 0.05) is 22.1 Å². The van der Waals surface area contributed by atoms with Crippen molar-refractivity contribution in [2.24, 2.45) is 0 Å². The van der Waals surface area contributed by atoms with Crippen molar-refractivity contribution in [2.75, 3.05) is 6.61 Å². The zero-order chi connectivity index (χ0) is 16.0. The average Bonchev–Trinajstić information content (AvgIpc) is 2.38. The average molecular weight is 358 g/mol. The highest BCUT2D eigenvalue weighted by Gasteiger charge is 2.18. The van der Waals surface area contributed by atoms with E-state index in [1.165, 1.54) is 0 Å². The van der Waals surface area contributed by atoms with E-state index >= 15 is 0 Å². The molecule has 1 atom stereocenters. The Kier molecular flexibility index (Phi) is 6.68. The molecule has 0 radical (unpaired) electrons. The minimum Gasteiger partial charge on any atom is -0.479 e. The fraction of sp³-hybridized carbons (Fsp3) is 0.562. The summed E-state index contributed by atoms with van der Waals surface area (Å²) in [5.74, 6) is 0.339. The van der Waals surface area contributed by atoms with Gasteiger partial charge in [-0.15, -0.1) is 0 Å². The van der Waals surface area contributed by atoms with Crippen LogP contribution in [-0.4, -0.2) is 24.2 Å². The second-order valence-corrected chi connectivity index (χ2v) is 6.78. The quantitative estimate of drug-likeness (QED) is 0.789. The Morgan fingerprint density at radius 1 is 1.38 bits per heavy atom. The van der Waals surface area contributed by atoms with Crippen LogP contribution in [0.3, 0.4) is 0 Å². The normalized spacial score (nSPS) is 12.9. The summed E-state index contributed by atoms with van der Waals surface area (Å²) in [5, 5.41) is 3.42. The first-order valence-electron chi connectivity index (χ1n) is 7.09. The molecule has 4 nitrogen and oxygen atoms in total. The monoisotopic (exact) mass is 357 g/mol. The number of rotatable bonds is 6. The van der Waals surface area contributed by atoms with Gasteiger partial charge in [0.1, 0.15) is 5.75 Å². The van der Waals surface area contributed by atoms with Crippen LogP contribution in [0.5, 0.6) is 5.75 Å². The topological polar surface area (TPSA) is 47.6 Å². The largest absolute Gasteiger partial charge is 0.479 e. The van der Waals surface area contributed by atoms with Gasteiger partial charge in [0.2, 0.25) is 0 Å². The fourth-order valence-electron chi connectivity index (χ4n) is 1.66. The van der Waals surface area contributed by atoms with Gasteiger partial charge in [0.25, 0.3) is 0 Å². The van der Waals surface area contributed by atoms with E-state index in [0.29, 0.717) is 18.9 Å². The second-order valence-electron chi connectivity index (χ2n) is 5.87. The summed E-state index contributed by atoms with van der Waals surface area (Å²) in [5.41, 5.74) is 1.00. The highest BCUT2D eigenvalue weighted by molar-refractivity contribution is 9.10. The van der Waals surface area contributed by atoms with Gasteiger partial charge >= 0.3 is 5.97 Å². The summed E-state index contributed by atoms with van der Waals surface area (Å²) in [6.07, 6.45) is -0.625. The van der Waals surface area contributed by atoms with Gasteiger partial charge in [0.15, 0.2) is 6.10 Å². The van der Waals surface area contributed by atoms with Crippen LogP contribution in [0, 0.1) is 0 Å². The summed E-state index contributed by atoms with van der Waals surface area (Å²) < 4.78 is 11.7. The first kappa shape index (κ1) is 18.0. The molecule has 0 fully saturated rings. The molecule has 118 valence electrons. The summed E-state index contributed by atoms with van der Waals surface area (Å²) in [6, 6.07) is 5.75. The lowest BCUT2D eigenvalue weighted by Gasteiger charge is -2.22. The molecule has 21 heavy (non-hydrogen) atoms. The van der Waals surface area contributed by atoms with Gasteiger partial charge in [-0.3, -0.25) is 0 Å². The first-order valence-corrected chi connectivity index (χ1v) is 7.89. The van der Waals surface area contributed by atoms with Crippen LogP contribution in [0.2, 0.25) is 0 Å². The van der Waals surface area contributed by atoms with Crippen LogP contribution in [-0.2, 0) is 16.1 Å². The molecule has 5 heteroatoms. The number of nitrogens with one attached hydrogen (secondary N) is 1. The third-order valence-electron chi connectivity index (χ3n) is 2.75. The van der Waals surface area contributed by atoms with Crippen molar-refractivity contribution in [3.8, 4) is 5.75 Å². The van der Waals surface area contributed by atoms with E-state index in [1.807, 2.05) is 18.2 Å². The van der Waals surface area contributed by atoms with E-state index in [-0.39, 0.29) is 11.5 Å². The zero-order valence-corrected chi connectivity index (χ0v) is 14.9. The van der Waals surface area contributed by atoms with Crippen LogP contribution < -0.4 is 10.1 Å². The summed E-state index contributed by atoms with van der Waals surface area (Å²) >= 11 is 3.46. The van der Waals surface area contributed by atoms with Crippen LogP contribution >= 0.6 is 15.9 Å². The van der Waals surface area contributed by atoms with Crippen molar-refractivity contribution < 1.29 is 14.3 Å². The maximum atomic E-state index is 11.7. The van der Waals surface area contributed by atoms with Crippen molar-refractivity contribution in [3.05, 3.63) is 28.2 Å². The van der Waals surface area contributed by atoms with Crippen molar-refractivity contribution in [3.63, 3.8) is 0 Å². The van der Waals surface area contributed by atoms with E-state index < -0.39 is 6.10 Å². The molecule has 0 amide bonds. The highest BCUT2D eigenvalue weighted by Crippen LogP contribution is 2.25. The molecule has 1 aromatic rings. The summed E-state index contributed by atoms with van der Waals surface area (Å²) in [4.78, 5) is 11.7. The lowest BCUT2D eigenvalue weighted by molar-refractivity contribution is -0.150. The molecule has 1 N–H and O–H groups in total. The van der Waals surface area contributed by atoms with E-state index in [2.05, 4.69) is 42.0 Å². The van der Waals surface area contributed by atoms with Gasteiger partial charge in [0.05, 0.1) is 6.61 Å². The molecule has 0 aliphatic carbocycles. The standard InChI is InChI=1S/C16H24BrNO3/c1-6-20-15(19)11(2)21-14-8-7-13(17)9-12(14)10-18-16(3,4)5/h7-9,11,18H,6,10H2,1-5H3. The third-order valence-corrected chi connectivity index (χ3v) is 3.25. The van der Waals surface area contributed by atoms with E-state index in [1.54, 1.807) is 13.8 Å². The van der Waals surface area contributed by atoms with Crippen LogP contribution in [0.1, 0.15) is 40.2 Å². The fourth-order valence-corrected chi connectivity index (χ4v) is 2.07. The van der Waals surface area contributed by atoms with Gasteiger partial charge in [-0.05, 0) is 52.8 Å². The lowest BCUT2D eigenvalue weighted by Crippen LogP contribution is -2.35. The van der Waals surface area contributed by atoms with E-state index in [4.69, 9.17) is 9.47 Å². The smallest absolute Gasteiger partial charge is 0.347 e. The number of carbonyl (C=O) groups is 1. The minimum absolute atomic E-state index is 0.00629. The summed E-state index contributed by atoms with van der Waals surface area (Å²) in [7, 11) is 0. The molecule has 1 aromatic carbocycles. The number of hydrogen-bond acceptors (Lipinski definition) is 4. The van der Waals surface area contributed by atoms with E-state index in [9.17, 15) is 4.79 Å². The number of hydrogen-bond donors (Lipinski definition) is 1. The number of halogens is 1. The molecule has 0 aliphatic rings. The second kappa shape index (κ2) is 7.80. The summed E-state index contributed by atoms with van der Waals surface area (Å²) in [6.45, 7) is 10.8. The molecule has 0 aromatic heterocycles. The SMILES string of the molecule is CCOC(=O)C(C)Oc1ccc(Br)cc1CNC(C)(C)C. The number of esters is 1. The van der Waals surface area contributed by atoms with Crippen molar-refractivity contribution >= 4 is 21.9 Å². The minimum atomic E-state index is -0.625. The Hall–Kier alpha value is -1.07. The number of benzene rings is 1. The molecule has 0 saturated carbocycles. The molecular formula is C16H24BrNO3. The number of ether oxygens (including phenoxy) is 2. The molecule has 0 bridgehead atoms. The Morgan fingerprint density at radius 2 is 2.05 bits per heavy atom. The first-order chi connectivity index (χ1) is 9.73. The third kappa shape index (κ3) is 6.48. The molecule has 0 saturated heterocycles. The van der Waals surface area contributed by atoms with Gasteiger partial charge in [-0.1, -0.05) is 15.9 Å². The Bertz CT molecular complexity index is 483. The highest BCUT2D eigenvalue weighted by atomic mass is 79.9. The Morgan fingerprint density at radius 3 is 2.62 bits per heavy atom. The maximum Gasteiger partial charge on any atom is 0.347 e. The Balaban J connectivity index is 2.83. The maximum absolute atomic E-state index is 11.7. The van der Waals surface area contributed by atoms with Crippen molar-refractivity contribution in [1.82, 2.24) is 5.32 Å². The van der Waals surface area contributed by atoms with Crippen molar-refractivity contribution in [2.45, 2.75) is 52.8 Å². The van der Waals surface area contributed by atoms with Gasteiger partial charge in [-0.25, -0.2) is 4.79 Å². The van der Waals surface area contributed by atoms with Crippen LogP contribution in [0.15, 0.2) is 22.7 Å². The molecule has 1 rings (SSSR count). The van der Waals surface area contributed by atoms with Crippen molar-refractivity contribution in [1.29, 1.82) is 0 Å². The predicted molar refractivity (Wildman–Crippen MR) is 87.5 cm³/mol. The van der Waals surface area contributed by atoms with Gasteiger partial charge < -0.3 is 14.8 Å². The lowest BCUT2D eigenvalue weighted by atomic mass is 10.1. The molecular weight excluding hydrogens is 334 g/mol. The predicted octanol–water partition coefficient (Wildman–Crippen LogP) is 3.67. The molecule has 1 unspecified atom stereocenters. The molecule has 0 spiro atoms. The van der Waals surface area contributed by atoms with E-state index in [0.717, 1.165) is 10.0 Å².